The second kappa shape index (κ2) is 8.16. The van der Waals surface area contributed by atoms with Crippen molar-refractivity contribution in [1.82, 2.24) is 10.2 Å². The van der Waals surface area contributed by atoms with E-state index in [9.17, 15) is 13.2 Å². The first-order chi connectivity index (χ1) is 14.0. The minimum Gasteiger partial charge on any atom is -0.379 e. The highest BCUT2D eigenvalue weighted by Crippen LogP contribution is 2.37. The van der Waals surface area contributed by atoms with Crippen LogP contribution in [0.3, 0.4) is 0 Å². The summed E-state index contributed by atoms with van der Waals surface area (Å²) in [5.74, 6) is 1.10. The van der Waals surface area contributed by atoms with Crippen molar-refractivity contribution in [3.05, 3.63) is 48.0 Å². The third-order valence-corrected chi connectivity index (χ3v) is 5.88. The van der Waals surface area contributed by atoms with E-state index in [1.807, 2.05) is 42.5 Å². The van der Waals surface area contributed by atoms with Gasteiger partial charge in [-0.2, -0.15) is 0 Å². The fourth-order valence-corrected chi connectivity index (χ4v) is 3.99. The molecule has 1 fully saturated rings. The van der Waals surface area contributed by atoms with E-state index in [2.05, 4.69) is 27.8 Å². The number of carbonyl (C=O) groups excluding carboxylic acids is 1. The summed E-state index contributed by atoms with van der Waals surface area (Å²) in [5, 5.41) is 15.5. The van der Waals surface area contributed by atoms with Crippen LogP contribution >= 0.6 is 0 Å². The molecular weight excluding hydrogens is 388 g/mol. The lowest BCUT2D eigenvalue weighted by Crippen LogP contribution is -2.19. The van der Waals surface area contributed by atoms with Gasteiger partial charge in [-0.3, -0.25) is 4.79 Å². The van der Waals surface area contributed by atoms with Crippen molar-refractivity contribution in [2.75, 3.05) is 10.6 Å². The molecule has 0 aliphatic heterocycles. The molecule has 1 heterocycles. The number of thiol groups is 1. The maximum atomic E-state index is 11.0. The molecule has 0 saturated heterocycles. The molecule has 7 nitrogen and oxygen atoms in total. The predicted molar refractivity (Wildman–Crippen MR) is 114 cm³/mol. The Morgan fingerprint density at radius 2 is 1.83 bits per heavy atom. The van der Waals surface area contributed by atoms with E-state index in [-0.39, 0.29) is 11.8 Å². The summed E-state index contributed by atoms with van der Waals surface area (Å²) in [6.45, 7) is 2.14. The number of hydrogen-bond acceptors (Lipinski definition) is 6. The minimum atomic E-state index is -2.44. The van der Waals surface area contributed by atoms with Crippen LogP contribution in [0.5, 0.6) is 0 Å². The number of fused-ring (bicyclic) bond motifs is 1. The van der Waals surface area contributed by atoms with Crippen molar-refractivity contribution in [2.45, 2.75) is 31.6 Å². The fraction of sp³-hybridized carbons (Fsp3) is 0.286. The van der Waals surface area contributed by atoms with Crippen LogP contribution in [0.1, 0.15) is 25.3 Å². The summed E-state index contributed by atoms with van der Waals surface area (Å²) in [7, 11) is -2.44. The molecule has 2 N–H and O–H groups in total. The Labute approximate surface area is 170 Å². The highest BCUT2D eigenvalue weighted by Gasteiger charge is 2.29. The first-order valence-corrected chi connectivity index (χ1v) is 10.9. The Bertz CT molecular complexity index is 1120. The molecule has 150 valence electrons. The molecule has 1 atom stereocenters. The molecule has 1 aliphatic rings. The summed E-state index contributed by atoms with van der Waals surface area (Å²) in [4.78, 5) is 11.0. The van der Waals surface area contributed by atoms with Crippen LogP contribution in [0.2, 0.25) is 0 Å². The Morgan fingerprint density at radius 3 is 2.48 bits per heavy atom. The van der Waals surface area contributed by atoms with Crippen molar-refractivity contribution < 1.29 is 13.2 Å². The zero-order chi connectivity index (χ0) is 20.4. The largest absolute Gasteiger partial charge is 0.379 e. The number of aromatic nitrogens is 2. The number of rotatable bonds is 8. The molecule has 0 bridgehead atoms. The SMILES string of the molecule is C[C@@H](Nc1c(NC=O)nnc2cc(-c3ccc(C[SH](=O)=O)cc3)ccc12)C1CC1. The fourth-order valence-electron chi connectivity index (χ4n) is 3.48. The van der Waals surface area contributed by atoms with Crippen LogP contribution < -0.4 is 10.6 Å². The van der Waals surface area contributed by atoms with Crippen LogP contribution in [0.25, 0.3) is 22.0 Å². The standard InChI is InChI=1S/C21H22N4O3S/c1-13(15-6-7-15)23-20-18-9-8-17(10-19(18)24-25-21(20)22-12-26)16-4-2-14(3-5-16)11-29(27)28/h2-5,8-10,12-13,15,29H,6-7,11H2,1H3,(H,23,24)(H,22,25,26)/t13-/m1/s1. The van der Waals surface area contributed by atoms with Crippen LogP contribution in [-0.4, -0.2) is 31.1 Å². The summed E-state index contributed by atoms with van der Waals surface area (Å²) in [6.07, 6.45) is 3.03. The quantitative estimate of drug-likeness (QED) is 0.389. The van der Waals surface area contributed by atoms with Crippen LogP contribution in [0, 0.1) is 5.92 Å². The second-order valence-electron chi connectivity index (χ2n) is 7.38. The average Bonchev–Trinajstić information content (AvgIpc) is 3.55. The summed E-state index contributed by atoms with van der Waals surface area (Å²) in [5.41, 5.74) is 4.19. The number of carbonyl (C=O) groups is 1. The molecule has 29 heavy (non-hydrogen) atoms. The molecule has 2 aromatic carbocycles. The number of benzene rings is 2. The first kappa shape index (κ1) is 19.3. The van der Waals surface area contributed by atoms with Crippen molar-refractivity contribution in [1.29, 1.82) is 0 Å². The maximum absolute atomic E-state index is 11.0. The zero-order valence-corrected chi connectivity index (χ0v) is 16.9. The van der Waals surface area contributed by atoms with Gasteiger partial charge in [0.15, 0.2) is 5.82 Å². The highest BCUT2D eigenvalue weighted by atomic mass is 32.2. The second-order valence-corrected chi connectivity index (χ2v) is 8.36. The Hall–Kier alpha value is -3.00. The van der Waals surface area contributed by atoms with E-state index in [0.717, 1.165) is 33.3 Å². The number of amides is 1. The minimum absolute atomic E-state index is 0.0412. The highest BCUT2D eigenvalue weighted by molar-refractivity contribution is 7.71. The van der Waals surface area contributed by atoms with Gasteiger partial charge in [-0.1, -0.05) is 30.3 Å². The van der Waals surface area contributed by atoms with E-state index < -0.39 is 10.7 Å². The summed E-state index contributed by atoms with van der Waals surface area (Å²) >= 11 is 0. The normalized spacial score (nSPS) is 14.7. The Kier molecular flexibility index (Phi) is 5.44. The lowest BCUT2D eigenvalue weighted by Gasteiger charge is -2.18. The van der Waals surface area contributed by atoms with E-state index >= 15 is 0 Å². The lowest BCUT2D eigenvalue weighted by molar-refractivity contribution is -0.105. The van der Waals surface area contributed by atoms with Crippen LogP contribution in [-0.2, 0) is 21.3 Å². The summed E-state index contributed by atoms with van der Waals surface area (Å²) in [6, 6.07) is 13.6. The van der Waals surface area contributed by atoms with E-state index in [0.29, 0.717) is 18.1 Å². The van der Waals surface area contributed by atoms with Gasteiger partial charge in [0.25, 0.3) is 0 Å². The maximum Gasteiger partial charge on any atom is 0.212 e. The molecule has 1 aliphatic carbocycles. The third kappa shape index (κ3) is 4.37. The Morgan fingerprint density at radius 1 is 1.10 bits per heavy atom. The number of anilines is 2. The molecule has 1 aromatic heterocycles. The smallest absolute Gasteiger partial charge is 0.212 e. The van der Waals surface area contributed by atoms with Gasteiger partial charge >= 0.3 is 0 Å². The molecule has 3 aromatic rings. The van der Waals surface area contributed by atoms with E-state index in [1.165, 1.54) is 12.8 Å². The molecule has 0 radical (unpaired) electrons. The third-order valence-electron chi connectivity index (χ3n) is 5.26. The number of nitrogens with one attached hydrogen (secondary N) is 2. The van der Waals surface area contributed by atoms with E-state index in [4.69, 9.17) is 0 Å². The van der Waals surface area contributed by atoms with Gasteiger partial charge in [0.2, 0.25) is 6.41 Å². The average molecular weight is 410 g/mol. The predicted octanol–water partition coefficient (Wildman–Crippen LogP) is 3.19. The van der Waals surface area contributed by atoms with Gasteiger partial charge in [0, 0.05) is 11.4 Å². The van der Waals surface area contributed by atoms with Gasteiger partial charge in [-0.05, 0) is 54.5 Å². The molecular formula is C21H22N4O3S. The molecule has 0 spiro atoms. The molecule has 4 rings (SSSR count). The summed E-state index contributed by atoms with van der Waals surface area (Å²) < 4.78 is 21.8. The molecule has 1 amide bonds. The molecule has 1 saturated carbocycles. The van der Waals surface area contributed by atoms with E-state index in [1.54, 1.807) is 0 Å². The van der Waals surface area contributed by atoms with Crippen molar-refractivity contribution >= 4 is 39.5 Å². The molecule has 8 heteroatoms. The van der Waals surface area contributed by atoms with Gasteiger partial charge in [0.05, 0.1) is 17.0 Å². The lowest BCUT2D eigenvalue weighted by atomic mass is 10.0. The monoisotopic (exact) mass is 410 g/mol. The van der Waals surface area contributed by atoms with Crippen molar-refractivity contribution in [3.8, 4) is 11.1 Å². The zero-order valence-electron chi connectivity index (χ0n) is 16.0. The van der Waals surface area contributed by atoms with Gasteiger partial charge in [-0.25, -0.2) is 8.42 Å². The topological polar surface area (TPSA) is 101 Å². The van der Waals surface area contributed by atoms with Gasteiger partial charge in [-0.15, -0.1) is 10.2 Å². The van der Waals surface area contributed by atoms with Crippen LogP contribution in [0.4, 0.5) is 11.5 Å². The van der Waals surface area contributed by atoms with Gasteiger partial charge in [0.1, 0.15) is 10.7 Å². The number of hydrogen-bond donors (Lipinski definition) is 3. The van der Waals surface area contributed by atoms with Crippen molar-refractivity contribution in [3.63, 3.8) is 0 Å². The number of nitrogens with zero attached hydrogens (tertiary/aromatic N) is 2. The van der Waals surface area contributed by atoms with Gasteiger partial charge < -0.3 is 10.6 Å². The van der Waals surface area contributed by atoms with Crippen molar-refractivity contribution in [2.24, 2.45) is 5.92 Å². The first-order valence-electron chi connectivity index (χ1n) is 9.53. The van der Waals surface area contributed by atoms with Crippen LogP contribution in [0.15, 0.2) is 42.5 Å². The Balaban J connectivity index is 1.70. The molecule has 0 unspecified atom stereocenters.